The van der Waals surface area contributed by atoms with Crippen LogP contribution in [0.3, 0.4) is 0 Å². The summed E-state index contributed by atoms with van der Waals surface area (Å²) in [5, 5.41) is 7.83. The van der Waals surface area contributed by atoms with E-state index >= 15 is 0 Å². The van der Waals surface area contributed by atoms with Crippen LogP contribution in [0.5, 0.6) is 0 Å². The molecule has 0 aliphatic heterocycles. The molecule has 0 radical (unpaired) electrons. The summed E-state index contributed by atoms with van der Waals surface area (Å²) in [6.45, 7) is 0. The van der Waals surface area contributed by atoms with E-state index in [1.807, 2.05) is 72.8 Å². The minimum Gasteiger partial charge on any atom is -0.459 e. The first-order valence-electron chi connectivity index (χ1n) is 9.37. The molecular weight excluding hydrogens is 364 g/mol. The summed E-state index contributed by atoms with van der Waals surface area (Å²) >= 11 is 0. The van der Waals surface area contributed by atoms with Gasteiger partial charge < -0.3 is 15.1 Å². The monoisotopic (exact) mass is 384 g/mol. The maximum Gasteiger partial charge on any atom is 0.287 e. The van der Waals surface area contributed by atoms with Crippen molar-refractivity contribution in [1.82, 2.24) is 5.32 Å². The number of carbonyl (C=O) groups excluding carboxylic acids is 2. The van der Waals surface area contributed by atoms with Crippen molar-refractivity contribution >= 4 is 28.3 Å². The topological polar surface area (TPSA) is 71.3 Å². The molecule has 0 spiro atoms. The zero-order chi connectivity index (χ0) is 20.1. The molecule has 144 valence electrons. The number of amides is 2. The van der Waals surface area contributed by atoms with Crippen molar-refractivity contribution < 1.29 is 14.0 Å². The number of furan rings is 1. The third-order valence-electron chi connectivity index (χ3n) is 4.67. The molecule has 2 amide bonds. The molecule has 0 aliphatic carbocycles. The minimum absolute atomic E-state index is 0.168. The van der Waals surface area contributed by atoms with E-state index in [0.29, 0.717) is 12.1 Å². The highest BCUT2D eigenvalue weighted by Crippen LogP contribution is 2.19. The Morgan fingerprint density at radius 3 is 2.34 bits per heavy atom. The van der Waals surface area contributed by atoms with E-state index in [1.165, 1.54) is 6.26 Å². The van der Waals surface area contributed by atoms with Crippen LogP contribution < -0.4 is 10.6 Å². The fourth-order valence-corrected chi connectivity index (χ4v) is 3.19. The normalized spacial score (nSPS) is 11.7. The number of fused-ring (bicyclic) bond motifs is 1. The highest BCUT2D eigenvalue weighted by Gasteiger charge is 2.23. The number of rotatable bonds is 6. The molecule has 4 rings (SSSR count). The molecule has 1 atom stereocenters. The number of hydrogen-bond donors (Lipinski definition) is 2. The highest BCUT2D eigenvalue weighted by molar-refractivity contribution is 6.01. The van der Waals surface area contributed by atoms with E-state index in [1.54, 1.807) is 12.1 Å². The molecule has 0 saturated carbocycles. The maximum atomic E-state index is 13.0. The van der Waals surface area contributed by atoms with Crippen molar-refractivity contribution in [2.45, 2.75) is 12.5 Å². The molecule has 5 heteroatoms. The number of anilines is 1. The zero-order valence-electron chi connectivity index (χ0n) is 15.7. The Bertz CT molecular complexity index is 1120. The Morgan fingerprint density at radius 1 is 0.828 bits per heavy atom. The standard InChI is InChI=1S/C24H20N2O3/c27-23(25-20-13-12-18-9-4-5-10-19(18)16-20)21(15-17-7-2-1-3-8-17)26-24(28)22-11-6-14-29-22/h1-14,16,21H,15H2,(H,25,27)(H,26,28)/t21-/m0/s1. The molecular formula is C24H20N2O3. The molecule has 0 unspecified atom stereocenters. The van der Waals surface area contributed by atoms with Crippen molar-refractivity contribution in [2.24, 2.45) is 0 Å². The van der Waals surface area contributed by atoms with Crippen molar-refractivity contribution in [2.75, 3.05) is 5.32 Å². The van der Waals surface area contributed by atoms with E-state index in [9.17, 15) is 9.59 Å². The van der Waals surface area contributed by atoms with Gasteiger partial charge in [-0.05, 0) is 40.6 Å². The first-order valence-corrected chi connectivity index (χ1v) is 9.37. The molecule has 1 aromatic heterocycles. The van der Waals surface area contributed by atoms with Crippen molar-refractivity contribution in [3.8, 4) is 0 Å². The van der Waals surface area contributed by atoms with Gasteiger partial charge in [0, 0.05) is 12.1 Å². The molecule has 0 fully saturated rings. The van der Waals surface area contributed by atoms with Crippen molar-refractivity contribution in [3.05, 3.63) is 103 Å². The van der Waals surface area contributed by atoms with Crippen LogP contribution in [0.4, 0.5) is 5.69 Å². The smallest absolute Gasteiger partial charge is 0.287 e. The fraction of sp³-hybridized carbons (Fsp3) is 0.0833. The van der Waals surface area contributed by atoms with Gasteiger partial charge in [0.15, 0.2) is 5.76 Å². The van der Waals surface area contributed by atoms with Gasteiger partial charge in [-0.25, -0.2) is 0 Å². The number of carbonyl (C=O) groups is 2. The second kappa shape index (κ2) is 8.44. The highest BCUT2D eigenvalue weighted by atomic mass is 16.3. The van der Waals surface area contributed by atoms with Gasteiger partial charge in [-0.1, -0.05) is 60.7 Å². The second-order valence-corrected chi connectivity index (χ2v) is 6.74. The van der Waals surface area contributed by atoms with E-state index in [4.69, 9.17) is 4.42 Å². The summed E-state index contributed by atoms with van der Waals surface area (Å²) in [6.07, 6.45) is 1.79. The predicted molar refractivity (Wildman–Crippen MR) is 113 cm³/mol. The van der Waals surface area contributed by atoms with E-state index in [2.05, 4.69) is 10.6 Å². The van der Waals surface area contributed by atoms with Crippen LogP contribution in [0.2, 0.25) is 0 Å². The van der Waals surface area contributed by atoms with Crippen molar-refractivity contribution in [3.63, 3.8) is 0 Å². The average molecular weight is 384 g/mol. The first kappa shape index (κ1) is 18.5. The van der Waals surface area contributed by atoms with Gasteiger partial charge in [0.05, 0.1) is 6.26 Å². The number of benzene rings is 3. The van der Waals surface area contributed by atoms with E-state index in [-0.39, 0.29) is 11.7 Å². The number of nitrogens with one attached hydrogen (secondary N) is 2. The van der Waals surface area contributed by atoms with Crippen LogP contribution in [-0.2, 0) is 11.2 Å². The lowest BCUT2D eigenvalue weighted by Crippen LogP contribution is -2.45. The molecule has 0 saturated heterocycles. The second-order valence-electron chi connectivity index (χ2n) is 6.74. The van der Waals surface area contributed by atoms with Gasteiger partial charge in [-0.2, -0.15) is 0 Å². The van der Waals surface area contributed by atoms with Gasteiger partial charge in [-0.3, -0.25) is 9.59 Å². The Kier molecular flexibility index (Phi) is 5.38. The molecule has 0 bridgehead atoms. The van der Waals surface area contributed by atoms with Crippen LogP contribution in [0, 0.1) is 0 Å². The summed E-state index contributed by atoms with van der Waals surface area (Å²) < 4.78 is 5.15. The van der Waals surface area contributed by atoms with Crippen LogP contribution in [-0.4, -0.2) is 17.9 Å². The lowest BCUT2D eigenvalue weighted by atomic mass is 10.0. The lowest BCUT2D eigenvalue weighted by molar-refractivity contribution is -0.118. The minimum atomic E-state index is -0.749. The SMILES string of the molecule is O=C(N[C@@H](Cc1ccccc1)C(=O)Nc1ccc2ccccc2c1)c1ccco1. The summed E-state index contributed by atoms with van der Waals surface area (Å²) in [6, 6.07) is 25.7. The molecule has 3 aromatic carbocycles. The molecule has 0 aliphatic rings. The number of hydrogen-bond acceptors (Lipinski definition) is 3. The molecule has 5 nitrogen and oxygen atoms in total. The Hall–Kier alpha value is -3.86. The third kappa shape index (κ3) is 4.52. The fourth-order valence-electron chi connectivity index (χ4n) is 3.19. The van der Waals surface area contributed by atoms with Gasteiger partial charge >= 0.3 is 0 Å². The van der Waals surface area contributed by atoms with Gasteiger partial charge in [0.2, 0.25) is 5.91 Å². The largest absolute Gasteiger partial charge is 0.459 e. The quantitative estimate of drug-likeness (QED) is 0.517. The Labute approximate surface area is 168 Å². The molecule has 1 heterocycles. The Balaban J connectivity index is 1.54. The zero-order valence-corrected chi connectivity index (χ0v) is 15.7. The van der Waals surface area contributed by atoms with Gasteiger partial charge in [-0.15, -0.1) is 0 Å². The van der Waals surface area contributed by atoms with Gasteiger partial charge in [0.1, 0.15) is 6.04 Å². The van der Waals surface area contributed by atoms with E-state index in [0.717, 1.165) is 16.3 Å². The summed E-state index contributed by atoms with van der Waals surface area (Å²) in [7, 11) is 0. The summed E-state index contributed by atoms with van der Waals surface area (Å²) in [4.78, 5) is 25.5. The first-order chi connectivity index (χ1) is 14.2. The molecule has 2 N–H and O–H groups in total. The molecule has 29 heavy (non-hydrogen) atoms. The van der Waals surface area contributed by atoms with Crippen LogP contribution >= 0.6 is 0 Å². The summed E-state index contributed by atoms with van der Waals surface area (Å²) in [5.74, 6) is -0.546. The Morgan fingerprint density at radius 2 is 1.59 bits per heavy atom. The maximum absolute atomic E-state index is 13.0. The van der Waals surface area contributed by atoms with Crippen LogP contribution in [0.1, 0.15) is 16.1 Å². The van der Waals surface area contributed by atoms with Gasteiger partial charge in [0.25, 0.3) is 5.91 Å². The third-order valence-corrected chi connectivity index (χ3v) is 4.67. The van der Waals surface area contributed by atoms with Crippen molar-refractivity contribution in [1.29, 1.82) is 0 Å². The summed E-state index contributed by atoms with van der Waals surface area (Å²) in [5.41, 5.74) is 1.63. The predicted octanol–water partition coefficient (Wildman–Crippen LogP) is 4.41. The van der Waals surface area contributed by atoms with E-state index < -0.39 is 11.9 Å². The lowest BCUT2D eigenvalue weighted by Gasteiger charge is -2.18. The molecule has 4 aromatic rings. The van der Waals surface area contributed by atoms with Crippen LogP contribution in [0.15, 0.2) is 95.6 Å². The average Bonchev–Trinajstić information content (AvgIpc) is 3.29. The van der Waals surface area contributed by atoms with Crippen LogP contribution in [0.25, 0.3) is 10.8 Å².